The number of aliphatic hydroxyl groups is 1. The second kappa shape index (κ2) is 11.0. The van der Waals surface area contributed by atoms with Crippen LogP contribution >= 0.6 is 23.2 Å². The minimum atomic E-state index is -0.675. The predicted octanol–water partition coefficient (Wildman–Crippen LogP) is 4.02. The van der Waals surface area contributed by atoms with Gasteiger partial charge in [0.15, 0.2) is 0 Å². The maximum absolute atomic E-state index is 12.8. The van der Waals surface area contributed by atoms with Gasteiger partial charge in [0.25, 0.3) is 5.91 Å². The summed E-state index contributed by atoms with van der Waals surface area (Å²) in [6.45, 7) is 9.75. The lowest BCUT2D eigenvalue weighted by atomic mass is 10.1. The van der Waals surface area contributed by atoms with Crippen LogP contribution in [0.5, 0.6) is 0 Å². The van der Waals surface area contributed by atoms with Crippen LogP contribution in [0, 0.1) is 20.8 Å². The van der Waals surface area contributed by atoms with Gasteiger partial charge < -0.3 is 15.3 Å². The number of anilines is 1. The van der Waals surface area contributed by atoms with E-state index in [9.17, 15) is 9.90 Å². The van der Waals surface area contributed by atoms with Crippen LogP contribution in [0.15, 0.2) is 42.5 Å². The van der Waals surface area contributed by atoms with Crippen molar-refractivity contribution in [2.75, 3.05) is 44.2 Å². The zero-order valence-electron chi connectivity index (χ0n) is 20.3. The fraction of sp³-hybridized carbons (Fsp3) is 0.385. The van der Waals surface area contributed by atoms with E-state index in [1.165, 1.54) is 0 Å². The van der Waals surface area contributed by atoms with E-state index in [4.69, 9.17) is 23.2 Å². The van der Waals surface area contributed by atoms with Crippen molar-refractivity contribution >= 4 is 34.8 Å². The van der Waals surface area contributed by atoms with Gasteiger partial charge in [-0.2, -0.15) is 0 Å². The first-order valence-electron chi connectivity index (χ1n) is 11.8. The third kappa shape index (κ3) is 5.64. The third-order valence-corrected chi connectivity index (χ3v) is 7.23. The Balaban J connectivity index is 1.30. The van der Waals surface area contributed by atoms with Crippen molar-refractivity contribution in [3.8, 4) is 5.69 Å². The van der Waals surface area contributed by atoms with Gasteiger partial charge in [0.2, 0.25) is 0 Å². The van der Waals surface area contributed by atoms with E-state index >= 15 is 0 Å². The maximum Gasteiger partial charge on any atom is 0.271 e. The summed E-state index contributed by atoms with van der Waals surface area (Å²) in [6, 6.07) is 13.4. The van der Waals surface area contributed by atoms with Gasteiger partial charge >= 0.3 is 0 Å². The lowest BCUT2D eigenvalue weighted by molar-refractivity contribution is 0.0847. The largest absolute Gasteiger partial charge is 0.390 e. The average Bonchev–Trinajstić information content (AvgIpc) is 3.14. The highest BCUT2D eigenvalue weighted by molar-refractivity contribution is 6.32. The normalized spacial score (nSPS) is 15.3. The number of β-amino-alcohol motifs (C(OH)–C–C–N with tert-alkyl or cyclic N) is 1. The molecule has 35 heavy (non-hydrogen) atoms. The topological polar surface area (TPSA) is 73.6 Å². The van der Waals surface area contributed by atoms with Crippen molar-refractivity contribution in [2.45, 2.75) is 26.9 Å². The van der Waals surface area contributed by atoms with Crippen LogP contribution < -0.4 is 10.2 Å². The molecule has 2 aromatic carbocycles. The Morgan fingerprint density at radius 1 is 1.00 bits per heavy atom. The molecule has 2 heterocycles. The van der Waals surface area contributed by atoms with Crippen LogP contribution in [0.4, 0.5) is 5.69 Å². The molecule has 0 radical (unpaired) electrons. The molecule has 1 saturated heterocycles. The first kappa shape index (κ1) is 25.5. The molecule has 0 bridgehead atoms. The molecule has 4 rings (SSSR count). The van der Waals surface area contributed by atoms with Gasteiger partial charge in [-0.3, -0.25) is 14.3 Å². The van der Waals surface area contributed by atoms with Crippen LogP contribution in [0.3, 0.4) is 0 Å². The average molecular weight is 516 g/mol. The summed E-state index contributed by atoms with van der Waals surface area (Å²) in [7, 11) is 0. The van der Waals surface area contributed by atoms with Crippen LogP contribution in [0.25, 0.3) is 5.69 Å². The summed E-state index contributed by atoms with van der Waals surface area (Å²) >= 11 is 12.6. The number of nitrogens with zero attached hydrogens (tertiary/aromatic N) is 4. The molecule has 1 atom stereocenters. The molecule has 7 nitrogen and oxygen atoms in total. The lowest BCUT2D eigenvalue weighted by Crippen LogP contribution is -2.50. The molecule has 0 saturated carbocycles. The number of para-hydroxylation sites is 1. The summed E-state index contributed by atoms with van der Waals surface area (Å²) in [6.07, 6.45) is -0.675. The Bertz CT molecular complexity index is 1200. The molecule has 1 unspecified atom stereocenters. The summed E-state index contributed by atoms with van der Waals surface area (Å²) in [5, 5.41) is 14.8. The fourth-order valence-corrected chi connectivity index (χ4v) is 5.00. The van der Waals surface area contributed by atoms with Crippen molar-refractivity contribution in [3.05, 3.63) is 75.3 Å². The number of hydrogen-bond acceptors (Lipinski definition) is 5. The summed E-state index contributed by atoms with van der Waals surface area (Å²) in [5.74, 6) is 0.366. The quantitative estimate of drug-likeness (QED) is 0.497. The Hall–Kier alpha value is -2.58. The number of benzene rings is 2. The summed E-state index contributed by atoms with van der Waals surface area (Å²) < 4.78 is 1.87. The molecule has 1 aromatic heterocycles. The molecule has 0 aliphatic carbocycles. The SMILES string of the molecule is Cc1c(Cl)cccc1N1CCN(CC(O)CNC(=O)c2nc(C)n(-c3ccccc3Cl)c2C)CC1. The standard InChI is InChI=1S/C26H31Cl2N5O2/c1-17-21(27)8-6-10-23(17)32-13-11-31(12-14-32)16-20(34)15-29-26(35)25-18(2)33(19(3)30-25)24-9-5-4-7-22(24)28/h4-10,20,34H,11-16H2,1-3H3,(H,29,35). The minimum absolute atomic E-state index is 0.157. The molecule has 1 amide bonds. The van der Waals surface area contributed by atoms with Crippen molar-refractivity contribution in [3.63, 3.8) is 0 Å². The van der Waals surface area contributed by atoms with Crippen LogP contribution in [-0.4, -0.2) is 70.8 Å². The van der Waals surface area contributed by atoms with E-state index in [2.05, 4.69) is 26.2 Å². The van der Waals surface area contributed by atoms with Crippen molar-refractivity contribution in [1.82, 2.24) is 19.8 Å². The first-order chi connectivity index (χ1) is 16.8. The van der Waals surface area contributed by atoms with Gasteiger partial charge in [-0.05, 0) is 50.6 Å². The molecule has 9 heteroatoms. The highest BCUT2D eigenvalue weighted by atomic mass is 35.5. The second-order valence-corrected chi connectivity index (χ2v) is 9.73. The van der Waals surface area contributed by atoms with Gasteiger partial charge in [-0.15, -0.1) is 0 Å². The Kier molecular flexibility index (Phi) is 8.02. The molecule has 1 fully saturated rings. The number of carbonyl (C=O) groups excluding carboxylic acids is 1. The lowest BCUT2D eigenvalue weighted by Gasteiger charge is -2.37. The molecule has 186 valence electrons. The fourth-order valence-electron chi connectivity index (χ4n) is 4.61. The van der Waals surface area contributed by atoms with Crippen LogP contribution in [0.1, 0.15) is 27.6 Å². The molecule has 2 N–H and O–H groups in total. The molecule has 0 spiro atoms. The van der Waals surface area contributed by atoms with Crippen molar-refractivity contribution < 1.29 is 9.90 Å². The number of carbonyl (C=O) groups is 1. The number of hydrogen-bond donors (Lipinski definition) is 2. The molecule has 1 aliphatic heterocycles. The number of aromatic nitrogens is 2. The van der Waals surface area contributed by atoms with Crippen molar-refractivity contribution in [1.29, 1.82) is 0 Å². The number of aliphatic hydroxyl groups excluding tert-OH is 1. The number of nitrogens with one attached hydrogen (secondary N) is 1. The number of rotatable bonds is 7. The van der Waals surface area contributed by atoms with E-state index in [0.29, 0.717) is 28.8 Å². The minimum Gasteiger partial charge on any atom is -0.390 e. The van der Waals surface area contributed by atoms with Crippen molar-refractivity contribution in [2.24, 2.45) is 0 Å². The van der Waals surface area contributed by atoms with Crippen LogP contribution in [-0.2, 0) is 0 Å². The van der Waals surface area contributed by atoms with E-state index in [1.54, 1.807) is 0 Å². The Morgan fingerprint density at radius 3 is 2.37 bits per heavy atom. The zero-order valence-corrected chi connectivity index (χ0v) is 21.8. The molecule has 1 aliphatic rings. The molecular weight excluding hydrogens is 485 g/mol. The highest BCUT2D eigenvalue weighted by Gasteiger charge is 2.23. The smallest absolute Gasteiger partial charge is 0.271 e. The number of halogens is 2. The van der Waals surface area contributed by atoms with E-state index < -0.39 is 6.10 Å². The second-order valence-electron chi connectivity index (χ2n) is 8.92. The number of piperazine rings is 1. The highest BCUT2D eigenvalue weighted by Crippen LogP contribution is 2.27. The molecule has 3 aromatic rings. The predicted molar refractivity (Wildman–Crippen MR) is 141 cm³/mol. The van der Waals surface area contributed by atoms with Crippen LogP contribution in [0.2, 0.25) is 10.0 Å². The summed E-state index contributed by atoms with van der Waals surface area (Å²) in [5.41, 5.74) is 4.07. The Morgan fingerprint density at radius 2 is 1.66 bits per heavy atom. The van der Waals surface area contributed by atoms with E-state index in [0.717, 1.165) is 48.1 Å². The van der Waals surface area contributed by atoms with Gasteiger partial charge in [0, 0.05) is 50.0 Å². The first-order valence-corrected chi connectivity index (χ1v) is 12.5. The molecular formula is C26H31Cl2N5O2. The number of amides is 1. The van der Waals surface area contributed by atoms with Gasteiger partial charge in [-0.1, -0.05) is 41.4 Å². The van der Waals surface area contributed by atoms with Gasteiger partial charge in [0.05, 0.1) is 22.5 Å². The van der Waals surface area contributed by atoms with Gasteiger partial charge in [-0.25, -0.2) is 4.98 Å². The number of imidazole rings is 1. The zero-order chi connectivity index (χ0) is 25.1. The third-order valence-electron chi connectivity index (χ3n) is 6.50. The monoisotopic (exact) mass is 515 g/mol. The number of aryl methyl sites for hydroxylation is 1. The van der Waals surface area contributed by atoms with Gasteiger partial charge in [0.1, 0.15) is 11.5 Å². The van der Waals surface area contributed by atoms with E-state index in [1.807, 2.05) is 61.7 Å². The Labute approximate surface area is 216 Å². The summed E-state index contributed by atoms with van der Waals surface area (Å²) in [4.78, 5) is 21.8. The van der Waals surface area contributed by atoms with E-state index in [-0.39, 0.29) is 12.5 Å². The maximum atomic E-state index is 12.8.